The highest BCUT2D eigenvalue weighted by Crippen LogP contribution is 2.32. The zero-order valence-electron chi connectivity index (χ0n) is 16.1. The maximum absolute atomic E-state index is 12.7. The highest BCUT2D eigenvalue weighted by molar-refractivity contribution is 7.09. The Kier molecular flexibility index (Phi) is 7.14. The summed E-state index contributed by atoms with van der Waals surface area (Å²) in [5, 5.41) is 12.3. The van der Waals surface area contributed by atoms with Crippen molar-refractivity contribution in [1.29, 1.82) is 0 Å². The van der Waals surface area contributed by atoms with Crippen LogP contribution in [0.5, 0.6) is 0 Å². The van der Waals surface area contributed by atoms with E-state index in [2.05, 4.69) is 32.7 Å². The van der Waals surface area contributed by atoms with E-state index in [-0.39, 0.29) is 11.9 Å². The lowest BCUT2D eigenvalue weighted by atomic mass is 10.1. The van der Waals surface area contributed by atoms with Crippen LogP contribution in [-0.4, -0.2) is 57.2 Å². The standard InChI is InChI=1S/C17H22N4OS.C2HF3O2/c22-17(19-6-5-15-2-1-7-23-15)16-11-20(9-13-3-4-13)10-14-8-18-12-21(14)16;3-2(4,5)1(6)7/h1-2,7-8,12-13,16H,3-6,9-11H2,(H,19,22);(H,6,7). The van der Waals surface area contributed by atoms with Gasteiger partial charge in [-0.15, -0.1) is 11.3 Å². The number of amides is 1. The van der Waals surface area contributed by atoms with Gasteiger partial charge in [0.25, 0.3) is 0 Å². The van der Waals surface area contributed by atoms with Crippen LogP contribution in [-0.2, 0) is 22.6 Å². The fourth-order valence-electron chi connectivity index (χ4n) is 3.26. The molecule has 30 heavy (non-hydrogen) atoms. The van der Waals surface area contributed by atoms with Crippen molar-refractivity contribution in [3.05, 3.63) is 40.6 Å². The van der Waals surface area contributed by atoms with Gasteiger partial charge in [0.2, 0.25) is 5.91 Å². The molecule has 1 fully saturated rings. The van der Waals surface area contributed by atoms with Crippen LogP contribution in [0, 0.1) is 5.92 Å². The van der Waals surface area contributed by atoms with Gasteiger partial charge in [-0.1, -0.05) is 6.07 Å². The first kappa shape index (κ1) is 22.3. The van der Waals surface area contributed by atoms with Crippen molar-refractivity contribution in [3.63, 3.8) is 0 Å². The summed E-state index contributed by atoms with van der Waals surface area (Å²) in [5.41, 5.74) is 1.15. The zero-order chi connectivity index (χ0) is 21.7. The molecule has 1 aliphatic carbocycles. The first-order valence-electron chi connectivity index (χ1n) is 9.57. The Morgan fingerprint density at radius 1 is 1.33 bits per heavy atom. The third kappa shape index (κ3) is 6.30. The van der Waals surface area contributed by atoms with Crippen molar-refractivity contribution in [1.82, 2.24) is 19.8 Å². The molecule has 1 atom stereocenters. The third-order valence-corrected chi connectivity index (χ3v) is 5.84. The second-order valence-corrected chi connectivity index (χ2v) is 8.40. The number of aliphatic carboxylic acids is 1. The summed E-state index contributed by atoms with van der Waals surface area (Å²) in [7, 11) is 0. The van der Waals surface area contributed by atoms with Crippen LogP contribution >= 0.6 is 11.3 Å². The lowest BCUT2D eigenvalue weighted by Gasteiger charge is -2.33. The average Bonchev–Trinajstić information content (AvgIpc) is 3.15. The number of carboxylic acids is 1. The molecule has 2 aliphatic rings. The number of hydrogen-bond acceptors (Lipinski definition) is 5. The number of alkyl halides is 3. The van der Waals surface area contributed by atoms with Gasteiger partial charge in [0.1, 0.15) is 6.04 Å². The summed E-state index contributed by atoms with van der Waals surface area (Å²) in [5.74, 6) is -1.80. The number of carboxylic acid groups (broad SMARTS) is 1. The largest absolute Gasteiger partial charge is 0.490 e. The van der Waals surface area contributed by atoms with E-state index in [1.165, 1.54) is 17.7 Å². The van der Waals surface area contributed by atoms with E-state index >= 15 is 0 Å². The first-order chi connectivity index (χ1) is 14.2. The lowest BCUT2D eigenvalue weighted by molar-refractivity contribution is -0.192. The normalized spacial score (nSPS) is 18.8. The zero-order valence-corrected chi connectivity index (χ0v) is 17.0. The van der Waals surface area contributed by atoms with Crippen molar-refractivity contribution >= 4 is 23.2 Å². The van der Waals surface area contributed by atoms with Crippen LogP contribution in [0.4, 0.5) is 13.2 Å². The minimum absolute atomic E-state index is 0.112. The molecule has 7 nitrogen and oxygen atoms in total. The van der Waals surface area contributed by atoms with Gasteiger partial charge in [0.05, 0.1) is 12.0 Å². The van der Waals surface area contributed by atoms with Crippen molar-refractivity contribution < 1.29 is 27.9 Å². The smallest absolute Gasteiger partial charge is 0.475 e. The summed E-state index contributed by atoms with van der Waals surface area (Å²) in [6.07, 6.45) is 2.19. The molecule has 4 rings (SSSR count). The molecule has 2 aromatic heterocycles. The molecule has 11 heteroatoms. The Labute approximate surface area is 175 Å². The fraction of sp³-hybridized carbons (Fsp3) is 0.526. The number of fused-ring (bicyclic) bond motifs is 1. The minimum atomic E-state index is -5.08. The van der Waals surface area contributed by atoms with Crippen molar-refractivity contribution in [3.8, 4) is 0 Å². The average molecular weight is 444 g/mol. The van der Waals surface area contributed by atoms with Crippen LogP contribution in [0.25, 0.3) is 0 Å². The van der Waals surface area contributed by atoms with E-state index in [9.17, 15) is 18.0 Å². The Bertz CT molecular complexity index is 850. The summed E-state index contributed by atoms with van der Waals surface area (Å²) >= 11 is 1.74. The van der Waals surface area contributed by atoms with Crippen LogP contribution in [0.15, 0.2) is 30.0 Å². The summed E-state index contributed by atoms with van der Waals surface area (Å²) in [4.78, 5) is 29.5. The van der Waals surface area contributed by atoms with Crippen LogP contribution in [0.1, 0.15) is 29.5 Å². The predicted octanol–water partition coefficient (Wildman–Crippen LogP) is 2.70. The molecule has 0 bridgehead atoms. The number of carbonyl (C=O) groups excluding carboxylic acids is 1. The van der Waals surface area contributed by atoms with E-state index in [0.29, 0.717) is 6.54 Å². The molecule has 0 spiro atoms. The van der Waals surface area contributed by atoms with Gasteiger partial charge < -0.3 is 15.0 Å². The number of nitrogens with one attached hydrogen (secondary N) is 1. The summed E-state index contributed by atoms with van der Waals surface area (Å²) in [6, 6.07) is 4.02. The topological polar surface area (TPSA) is 87.5 Å². The maximum Gasteiger partial charge on any atom is 0.490 e. The summed E-state index contributed by atoms with van der Waals surface area (Å²) in [6.45, 7) is 3.52. The molecule has 1 aliphatic heterocycles. The SMILES string of the molecule is O=C(NCCc1cccs1)C1CN(CC2CC2)Cc2cncn21.O=C(O)C(F)(F)F. The Morgan fingerprint density at radius 3 is 2.67 bits per heavy atom. The maximum atomic E-state index is 12.7. The van der Waals surface area contributed by atoms with Gasteiger partial charge in [0, 0.05) is 37.3 Å². The Balaban J connectivity index is 0.000000318. The number of carbonyl (C=O) groups is 2. The number of hydrogen-bond donors (Lipinski definition) is 2. The second-order valence-electron chi connectivity index (χ2n) is 7.37. The third-order valence-electron chi connectivity index (χ3n) is 4.91. The van der Waals surface area contributed by atoms with E-state index in [4.69, 9.17) is 9.90 Å². The van der Waals surface area contributed by atoms with Crippen LogP contribution in [0.2, 0.25) is 0 Å². The molecule has 0 aromatic carbocycles. The highest BCUT2D eigenvalue weighted by atomic mass is 32.1. The number of nitrogens with zero attached hydrogens (tertiary/aromatic N) is 3. The number of thiophene rings is 1. The lowest BCUT2D eigenvalue weighted by Crippen LogP contribution is -2.45. The fourth-order valence-corrected chi connectivity index (χ4v) is 3.97. The molecule has 0 radical (unpaired) electrons. The van der Waals surface area contributed by atoms with Gasteiger partial charge >= 0.3 is 12.1 Å². The second kappa shape index (κ2) is 9.61. The summed E-state index contributed by atoms with van der Waals surface area (Å²) < 4.78 is 33.8. The quantitative estimate of drug-likeness (QED) is 0.716. The number of imidazole rings is 1. The molecule has 2 N–H and O–H groups in total. The monoisotopic (exact) mass is 444 g/mol. The van der Waals surface area contributed by atoms with E-state index in [0.717, 1.165) is 37.7 Å². The molecular formula is C19H23F3N4O3S. The molecule has 0 saturated heterocycles. The van der Waals surface area contributed by atoms with Gasteiger partial charge in [-0.3, -0.25) is 9.69 Å². The number of rotatable bonds is 6. The minimum Gasteiger partial charge on any atom is -0.475 e. The van der Waals surface area contributed by atoms with E-state index in [1.807, 2.05) is 10.8 Å². The predicted molar refractivity (Wildman–Crippen MR) is 104 cm³/mol. The van der Waals surface area contributed by atoms with E-state index in [1.54, 1.807) is 17.7 Å². The molecular weight excluding hydrogens is 421 g/mol. The van der Waals surface area contributed by atoms with Crippen molar-refractivity contribution in [2.24, 2.45) is 5.92 Å². The Hall–Kier alpha value is -2.40. The molecule has 1 unspecified atom stereocenters. The van der Waals surface area contributed by atoms with Crippen molar-refractivity contribution in [2.75, 3.05) is 19.6 Å². The molecule has 1 amide bonds. The highest BCUT2D eigenvalue weighted by Gasteiger charge is 2.38. The molecule has 164 valence electrons. The van der Waals surface area contributed by atoms with Gasteiger partial charge in [0.15, 0.2) is 0 Å². The number of aromatic nitrogens is 2. The van der Waals surface area contributed by atoms with Crippen LogP contribution in [0.3, 0.4) is 0 Å². The molecule has 3 heterocycles. The molecule has 2 aromatic rings. The van der Waals surface area contributed by atoms with Gasteiger partial charge in [-0.05, 0) is 36.6 Å². The number of halogens is 3. The van der Waals surface area contributed by atoms with Gasteiger partial charge in [-0.25, -0.2) is 9.78 Å². The van der Waals surface area contributed by atoms with Crippen molar-refractivity contribution in [2.45, 2.75) is 38.0 Å². The van der Waals surface area contributed by atoms with Gasteiger partial charge in [-0.2, -0.15) is 13.2 Å². The first-order valence-corrected chi connectivity index (χ1v) is 10.4. The Morgan fingerprint density at radius 2 is 2.07 bits per heavy atom. The van der Waals surface area contributed by atoms with Crippen LogP contribution < -0.4 is 5.32 Å². The van der Waals surface area contributed by atoms with E-state index < -0.39 is 12.1 Å². The molecule has 1 saturated carbocycles.